The number of carbonyl (C=O) groups excluding carboxylic acids is 1. The van der Waals surface area contributed by atoms with Gasteiger partial charge in [0.05, 0.1) is 6.42 Å². The molecule has 1 aromatic heterocycles. The molecule has 0 aliphatic carbocycles. The summed E-state index contributed by atoms with van der Waals surface area (Å²) < 4.78 is 1.35. The van der Waals surface area contributed by atoms with E-state index in [1.807, 2.05) is 56.3 Å². The highest BCUT2D eigenvalue weighted by Gasteiger charge is 2.24. The van der Waals surface area contributed by atoms with Gasteiger partial charge in [0, 0.05) is 13.1 Å². The van der Waals surface area contributed by atoms with Crippen LogP contribution in [-0.4, -0.2) is 22.0 Å². The van der Waals surface area contributed by atoms with Crippen molar-refractivity contribution in [2.24, 2.45) is 0 Å². The Bertz CT molecular complexity index is 1170. The van der Waals surface area contributed by atoms with Gasteiger partial charge in [0.15, 0.2) is 5.69 Å². The number of fused-ring (bicyclic) bond motifs is 1. The average Bonchev–Trinajstić information content (AvgIpc) is 2.76. The van der Waals surface area contributed by atoms with Gasteiger partial charge in [0.25, 0.3) is 5.56 Å². The zero-order valence-electron chi connectivity index (χ0n) is 18.2. The number of amides is 1. The normalized spacial score (nSPS) is 11.0. The van der Waals surface area contributed by atoms with Crippen LogP contribution in [0, 0.1) is 0 Å². The number of anilines is 2. The highest BCUT2D eigenvalue weighted by Crippen LogP contribution is 2.23. The van der Waals surface area contributed by atoms with E-state index in [4.69, 9.17) is 5.73 Å². The maximum Gasteiger partial charge on any atom is 0.330 e. The zero-order valence-corrected chi connectivity index (χ0v) is 18.2. The number of hydrogen-bond acceptors (Lipinski definition) is 4. The number of nitrogen functional groups attached to an aromatic ring is 1. The first-order chi connectivity index (χ1) is 15.0. The van der Waals surface area contributed by atoms with Crippen LogP contribution < -0.4 is 21.9 Å². The summed E-state index contributed by atoms with van der Waals surface area (Å²) in [5, 5.41) is 2.06. The molecule has 0 unspecified atom stereocenters. The highest BCUT2D eigenvalue weighted by molar-refractivity contribution is 5.99. The molecule has 0 atom stereocenters. The molecule has 164 valence electrons. The molecule has 0 saturated heterocycles. The topological polar surface area (TPSA) is 101 Å². The number of unbranched alkanes of at least 4 members (excludes halogenated alkanes) is 2. The largest absolute Gasteiger partial charge is 0.383 e. The molecule has 3 aromatic rings. The summed E-state index contributed by atoms with van der Waals surface area (Å²) >= 11 is 0. The first-order valence-electron chi connectivity index (χ1n) is 10.9. The Labute approximate surface area is 181 Å². The first-order valence-corrected chi connectivity index (χ1v) is 10.9. The number of nitrogens with two attached hydrogens (primary N) is 1. The molecule has 1 amide bonds. The molecule has 0 bridgehead atoms. The lowest BCUT2D eigenvalue weighted by molar-refractivity contribution is -0.118. The monoisotopic (exact) mass is 422 g/mol. The third-order valence-corrected chi connectivity index (χ3v) is 5.48. The SMILES string of the molecule is CCCCN(C(=O)Cc1cccc2ccccc12)c1c(N)n(CCCC)c(=O)[nH]c1=O. The number of aromatic nitrogens is 2. The fourth-order valence-corrected chi connectivity index (χ4v) is 3.76. The summed E-state index contributed by atoms with van der Waals surface area (Å²) in [6, 6.07) is 13.7. The van der Waals surface area contributed by atoms with Crippen LogP contribution in [0.3, 0.4) is 0 Å². The zero-order chi connectivity index (χ0) is 22.4. The second kappa shape index (κ2) is 10.1. The molecule has 0 saturated carbocycles. The van der Waals surface area contributed by atoms with Gasteiger partial charge in [0.1, 0.15) is 5.82 Å². The quantitative estimate of drug-likeness (QED) is 0.551. The van der Waals surface area contributed by atoms with Crippen molar-refractivity contribution in [2.75, 3.05) is 17.2 Å². The van der Waals surface area contributed by atoms with Gasteiger partial charge in [-0.1, -0.05) is 69.2 Å². The van der Waals surface area contributed by atoms with Crippen LogP contribution in [0.2, 0.25) is 0 Å². The molecule has 2 aromatic carbocycles. The van der Waals surface area contributed by atoms with Crippen molar-refractivity contribution in [1.82, 2.24) is 9.55 Å². The second-order valence-electron chi connectivity index (χ2n) is 7.71. The van der Waals surface area contributed by atoms with E-state index in [2.05, 4.69) is 4.98 Å². The first kappa shape index (κ1) is 22.3. The van der Waals surface area contributed by atoms with Gasteiger partial charge < -0.3 is 10.6 Å². The molecule has 0 aliphatic heterocycles. The maximum atomic E-state index is 13.4. The van der Waals surface area contributed by atoms with Gasteiger partial charge in [0.2, 0.25) is 5.91 Å². The van der Waals surface area contributed by atoms with Crippen LogP contribution in [-0.2, 0) is 17.8 Å². The summed E-state index contributed by atoms with van der Waals surface area (Å²) in [6.07, 6.45) is 3.33. The molecule has 0 fully saturated rings. The smallest absolute Gasteiger partial charge is 0.330 e. The number of benzene rings is 2. The number of nitrogens with one attached hydrogen (secondary N) is 1. The van der Waals surface area contributed by atoms with E-state index in [1.165, 1.54) is 9.47 Å². The molecule has 0 spiro atoms. The number of hydrogen-bond donors (Lipinski definition) is 2. The predicted molar refractivity (Wildman–Crippen MR) is 126 cm³/mol. The summed E-state index contributed by atoms with van der Waals surface area (Å²) in [6.45, 7) is 4.78. The molecule has 7 nitrogen and oxygen atoms in total. The predicted octanol–water partition coefficient (Wildman–Crippen LogP) is 3.45. The van der Waals surface area contributed by atoms with Crippen molar-refractivity contribution in [3.63, 3.8) is 0 Å². The lowest BCUT2D eigenvalue weighted by Gasteiger charge is -2.25. The Hall–Kier alpha value is -3.35. The van der Waals surface area contributed by atoms with Crippen molar-refractivity contribution >= 4 is 28.2 Å². The molecular weight excluding hydrogens is 392 g/mol. The van der Waals surface area contributed by atoms with Crippen molar-refractivity contribution in [1.29, 1.82) is 0 Å². The number of carbonyl (C=O) groups is 1. The molecule has 0 radical (unpaired) electrons. The van der Waals surface area contributed by atoms with Crippen LogP contribution in [0.25, 0.3) is 10.8 Å². The summed E-state index contributed by atoms with van der Waals surface area (Å²) in [4.78, 5) is 42.2. The minimum Gasteiger partial charge on any atom is -0.383 e. The van der Waals surface area contributed by atoms with E-state index in [0.717, 1.165) is 35.6 Å². The summed E-state index contributed by atoms with van der Waals surface area (Å²) in [5.41, 5.74) is 6.05. The molecule has 0 aliphatic rings. The van der Waals surface area contributed by atoms with E-state index in [0.29, 0.717) is 19.5 Å². The van der Waals surface area contributed by atoms with Gasteiger partial charge >= 0.3 is 5.69 Å². The Balaban J connectivity index is 2.03. The van der Waals surface area contributed by atoms with Crippen molar-refractivity contribution < 1.29 is 4.79 Å². The lowest BCUT2D eigenvalue weighted by atomic mass is 10.0. The number of H-pyrrole nitrogens is 1. The third kappa shape index (κ3) is 4.87. The molecule has 3 rings (SSSR count). The minimum absolute atomic E-state index is 0.0459. The Morgan fingerprint density at radius 2 is 1.74 bits per heavy atom. The molecule has 7 heteroatoms. The van der Waals surface area contributed by atoms with Crippen LogP contribution in [0.4, 0.5) is 11.5 Å². The van der Waals surface area contributed by atoms with Crippen LogP contribution in [0.5, 0.6) is 0 Å². The third-order valence-electron chi connectivity index (χ3n) is 5.48. The Morgan fingerprint density at radius 3 is 2.48 bits per heavy atom. The molecule has 1 heterocycles. The number of aromatic amines is 1. The standard InChI is InChI=1S/C24H30N4O3/c1-3-5-14-27(21-22(25)28(15-6-4-2)24(31)26-23(21)30)20(29)16-18-12-9-11-17-10-7-8-13-19(17)18/h7-13H,3-6,14-16,25H2,1-2H3,(H,26,30,31). The Kier molecular flexibility index (Phi) is 7.28. The minimum atomic E-state index is -0.627. The van der Waals surface area contributed by atoms with Gasteiger partial charge in [-0.05, 0) is 29.2 Å². The van der Waals surface area contributed by atoms with E-state index >= 15 is 0 Å². The van der Waals surface area contributed by atoms with E-state index in [-0.39, 0.29) is 23.8 Å². The van der Waals surface area contributed by atoms with Gasteiger partial charge in [-0.3, -0.25) is 19.1 Å². The number of nitrogens with zero attached hydrogens (tertiary/aromatic N) is 2. The maximum absolute atomic E-state index is 13.4. The van der Waals surface area contributed by atoms with Gasteiger partial charge in [-0.15, -0.1) is 0 Å². The molecule has 31 heavy (non-hydrogen) atoms. The van der Waals surface area contributed by atoms with Gasteiger partial charge in [-0.25, -0.2) is 4.79 Å². The van der Waals surface area contributed by atoms with Crippen molar-refractivity contribution in [3.05, 3.63) is 68.9 Å². The van der Waals surface area contributed by atoms with Crippen molar-refractivity contribution in [2.45, 2.75) is 52.5 Å². The molecule has 3 N–H and O–H groups in total. The van der Waals surface area contributed by atoms with E-state index < -0.39 is 11.2 Å². The number of rotatable bonds is 9. The van der Waals surface area contributed by atoms with Crippen LogP contribution >= 0.6 is 0 Å². The fourth-order valence-electron chi connectivity index (χ4n) is 3.76. The van der Waals surface area contributed by atoms with E-state index in [1.54, 1.807) is 0 Å². The van der Waals surface area contributed by atoms with Crippen molar-refractivity contribution in [3.8, 4) is 0 Å². The highest BCUT2D eigenvalue weighted by atomic mass is 16.2. The Morgan fingerprint density at radius 1 is 1.03 bits per heavy atom. The summed E-state index contributed by atoms with van der Waals surface area (Å²) in [5.74, 6) is -0.174. The lowest BCUT2D eigenvalue weighted by Crippen LogP contribution is -2.42. The van der Waals surface area contributed by atoms with Crippen LogP contribution in [0.1, 0.15) is 45.1 Å². The van der Waals surface area contributed by atoms with Gasteiger partial charge in [-0.2, -0.15) is 0 Å². The summed E-state index contributed by atoms with van der Waals surface area (Å²) in [7, 11) is 0. The average molecular weight is 423 g/mol. The molecular formula is C24H30N4O3. The van der Waals surface area contributed by atoms with Crippen LogP contribution in [0.15, 0.2) is 52.1 Å². The van der Waals surface area contributed by atoms with E-state index in [9.17, 15) is 14.4 Å². The second-order valence-corrected chi connectivity index (χ2v) is 7.71. The fraction of sp³-hybridized carbons (Fsp3) is 0.375.